The molecule has 8 nitrogen and oxygen atoms in total. The molecule has 172 valence electrons. The van der Waals surface area contributed by atoms with Gasteiger partial charge in [-0.1, -0.05) is 17.7 Å². The number of nitrogen functional groups attached to an aromatic ring is 1. The first-order valence-corrected chi connectivity index (χ1v) is 11.7. The molecule has 1 atom stereocenters. The van der Waals surface area contributed by atoms with E-state index < -0.39 is 22.0 Å². The van der Waals surface area contributed by atoms with Crippen molar-refractivity contribution < 1.29 is 21.9 Å². The molecule has 1 aromatic heterocycles. The smallest absolute Gasteiger partial charge is 0.326 e. The molecule has 1 saturated carbocycles. The van der Waals surface area contributed by atoms with Crippen LogP contribution in [-0.4, -0.2) is 37.9 Å². The number of halogens is 3. The Morgan fingerprint density at radius 1 is 1.18 bits per heavy atom. The summed E-state index contributed by atoms with van der Waals surface area (Å²) in [6.45, 7) is -0.268. The van der Waals surface area contributed by atoms with Gasteiger partial charge in [0.25, 0.3) is 11.8 Å². The Morgan fingerprint density at radius 3 is 2.61 bits per heavy atom. The van der Waals surface area contributed by atoms with Crippen molar-refractivity contribution in [3.63, 3.8) is 0 Å². The van der Waals surface area contributed by atoms with Gasteiger partial charge in [0, 0.05) is 49.6 Å². The van der Waals surface area contributed by atoms with Crippen molar-refractivity contribution in [2.45, 2.75) is 12.3 Å². The van der Waals surface area contributed by atoms with Crippen LogP contribution in [0.4, 0.5) is 25.8 Å². The van der Waals surface area contributed by atoms with Crippen LogP contribution in [-0.2, 0) is 10.2 Å². The van der Waals surface area contributed by atoms with Crippen LogP contribution < -0.4 is 19.1 Å². The fourth-order valence-corrected chi connectivity index (χ4v) is 5.35. The van der Waals surface area contributed by atoms with Gasteiger partial charge in [-0.3, -0.25) is 8.61 Å². The van der Waals surface area contributed by atoms with Gasteiger partial charge in [-0.05, 0) is 35.9 Å². The Morgan fingerprint density at radius 2 is 1.91 bits per heavy atom. The lowest BCUT2D eigenvalue weighted by molar-refractivity contribution is 0.101. The summed E-state index contributed by atoms with van der Waals surface area (Å²) in [7, 11) is -2.55. The van der Waals surface area contributed by atoms with Gasteiger partial charge in [0.2, 0.25) is 0 Å². The van der Waals surface area contributed by atoms with Crippen LogP contribution in [0.3, 0.4) is 0 Å². The highest BCUT2D eigenvalue weighted by Crippen LogP contribution is 2.52. The van der Waals surface area contributed by atoms with Crippen molar-refractivity contribution in [3.8, 4) is 22.8 Å². The largest absolute Gasteiger partial charge is 0.436 e. The maximum atomic E-state index is 13.4. The molecular formula is C21H18ClF2N5O3S. The van der Waals surface area contributed by atoms with E-state index in [-0.39, 0.29) is 24.0 Å². The Bertz CT molecular complexity index is 1370. The fourth-order valence-electron chi connectivity index (χ4n) is 3.75. The number of anilines is 3. The zero-order valence-electron chi connectivity index (χ0n) is 17.2. The summed E-state index contributed by atoms with van der Waals surface area (Å²) in [5, 5.41) is 0.0987. The van der Waals surface area contributed by atoms with Crippen molar-refractivity contribution in [3.05, 3.63) is 53.9 Å². The van der Waals surface area contributed by atoms with Crippen LogP contribution in [0.1, 0.15) is 6.42 Å². The molecule has 0 spiro atoms. The molecule has 2 heterocycles. The SMILES string of the molecule is CN1c2cc(-c3cc(Oc4nccnc4Cl)ccc3N)ccc2N(CC2CC2(F)F)S1(=O)=O. The molecule has 1 aliphatic heterocycles. The third kappa shape index (κ3) is 3.70. The minimum atomic E-state index is -3.95. The Labute approximate surface area is 193 Å². The highest BCUT2D eigenvalue weighted by Gasteiger charge is 2.59. The van der Waals surface area contributed by atoms with Gasteiger partial charge < -0.3 is 10.5 Å². The molecule has 0 saturated heterocycles. The minimum Gasteiger partial charge on any atom is -0.436 e. The average molecular weight is 494 g/mol. The fraction of sp³-hybridized carbons (Fsp3) is 0.238. The van der Waals surface area contributed by atoms with Crippen LogP contribution in [0.2, 0.25) is 5.15 Å². The van der Waals surface area contributed by atoms with E-state index in [0.717, 1.165) is 8.61 Å². The quantitative estimate of drug-likeness (QED) is 0.531. The van der Waals surface area contributed by atoms with Crippen molar-refractivity contribution in [2.75, 3.05) is 27.9 Å². The number of alkyl halides is 2. The summed E-state index contributed by atoms with van der Waals surface area (Å²) in [5.41, 5.74) is 8.55. The normalized spacial score (nSPS) is 19.9. The van der Waals surface area contributed by atoms with Crippen molar-refractivity contribution in [1.29, 1.82) is 0 Å². The van der Waals surface area contributed by atoms with Crippen molar-refractivity contribution >= 4 is 38.9 Å². The van der Waals surface area contributed by atoms with Crippen LogP contribution in [0.15, 0.2) is 48.8 Å². The van der Waals surface area contributed by atoms with Crippen LogP contribution in [0, 0.1) is 5.92 Å². The van der Waals surface area contributed by atoms with Crippen LogP contribution in [0.5, 0.6) is 11.6 Å². The summed E-state index contributed by atoms with van der Waals surface area (Å²) in [6.07, 6.45) is 2.57. The topological polar surface area (TPSA) is 102 Å². The zero-order chi connectivity index (χ0) is 23.5. The molecule has 2 N–H and O–H groups in total. The van der Waals surface area contributed by atoms with E-state index in [4.69, 9.17) is 22.1 Å². The summed E-state index contributed by atoms with van der Waals surface area (Å²) < 4.78 is 60.5. The van der Waals surface area contributed by atoms with E-state index in [1.165, 1.54) is 19.4 Å². The Kier molecular flexibility index (Phi) is 4.87. The van der Waals surface area contributed by atoms with Gasteiger partial charge in [-0.25, -0.2) is 18.7 Å². The number of benzene rings is 2. The molecule has 5 rings (SSSR count). The standard InChI is InChI=1S/C21H18ClF2N5O3S/c1-28-18-8-12(2-5-17(18)29(33(28,30)31)11-13-10-21(13,23)24)15-9-14(3-4-16(15)25)32-20-19(22)26-6-7-27-20/h2-9,13H,10-11,25H2,1H3. The monoisotopic (exact) mass is 493 g/mol. The first-order valence-electron chi connectivity index (χ1n) is 9.90. The summed E-state index contributed by atoms with van der Waals surface area (Å²) >= 11 is 6.00. The molecule has 0 radical (unpaired) electrons. The number of rotatable bonds is 5. The molecule has 12 heteroatoms. The first kappa shape index (κ1) is 21.7. The van der Waals surface area contributed by atoms with Gasteiger partial charge in [-0.15, -0.1) is 0 Å². The number of nitrogens with zero attached hydrogens (tertiary/aromatic N) is 4. The Balaban J connectivity index is 1.50. The van der Waals surface area contributed by atoms with Gasteiger partial charge in [0.1, 0.15) is 5.75 Å². The van der Waals surface area contributed by atoms with Gasteiger partial charge in [0.15, 0.2) is 5.15 Å². The molecule has 2 aromatic carbocycles. The number of nitrogens with two attached hydrogens (primary N) is 1. The van der Waals surface area contributed by atoms with E-state index in [1.807, 2.05) is 0 Å². The molecule has 1 aliphatic carbocycles. The van der Waals surface area contributed by atoms with Gasteiger partial charge >= 0.3 is 10.2 Å². The first-order chi connectivity index (χ1) is 15.6. The van der Waals surface area contributed by atoms with Crippen LogP contribution >= 0.6 is 11.6 Å². The molecule has 33 heavy (non-hydrogen) atoms. The lowest BCUT2D eigenvalue weighted by Crippen LogP contribution is -2.37. The number of fused-ring (bicyclic) bond motifs is 1. The molecule has 1 fully saturated rings. The lowest BCUT2D eigenvalue weighted by atomic mass is 10.0. The summed E-state index contributed by atoms with van der Waals surface area (Å²) in [4.78, 5) is 7.95. The van der Waals surface area contributed by atoms with E-state index in [1.54, 1.807) is 36.4 Å². The lowest BCUT2D eigenvalue weighted by Gasteiger charge is -2.18. The molecule has 1 unspecified atom stereocenters. The molecule has 0 bridgehead atoms. The highest BCUT2D eigenvalue weighted by molar-refractivity contribution is 7.94. The van der Waals surface area contributed by atoms with E-state index in [2.05, 4.69) is 9.97 Å². The van der Waals surface area contributed by atoms with E-state index in [0.29, 0.717) is 33.9 Å². The third-order valence-corrected chi connectivity index (χ3v) is 7.77. The highest BCUT2D eigenvalue weighted by atomic mass is 35.5. The van der Waals surface area contributed by atoms with Crippen LogP contribution in [0.25, 0.3) is 11.1 Å². The predicted octanol–water partition coefficient (Wildman–Crippen LogP) is 4.33. The maximum Gasteiger partial charge on any atom is 0.326 e. The summed E-state index contributed by atoms with van der Waals surface area (Å²) in [5.74, 6) is -3.27. The summed E-state index contributed by atoms with van der Waals surface area (Å²) in [6, 6.07) is 9.90. The molecule has 0 amide bonds. The number of ether oxygens (including phenoxy) is 1. The van der Waals surface area contributed by atoms with E-state index >= 15 is 0 Å². The molecule has 3 aromatic rings. The average Bonchev–Trinajstić information content (AvgIpc) is 3.34. The number of aromatic nitrogens is 2. The zero-order valence-corrected chi connectivity index (χ0v) is 18.8. The van der Waals surface area contributed by atoms with E-state index in [9.17, 15) is 17.2 Å². The van der Waals surface area contributed by atoms with Gasteiger partial charge in [-0.2, -0.15) is 8.42 Å². The molecule has 2 aliphatic rings. The second kappa shape index (κ2) is 7.42. The third-order valence-electron chi connectivity index (χ3n) is 5.72. The Hall–Kier alpha value is -3.18. The second-order valence-corrected chi connectivity index (χ2v) is 10.1. The second-order valence-electron chi connectivity index (χ2n) is 7.88. The predicted molar refractivity (Wildman–Crippen MR) is 121 cm³/mol. The number of hydrogen-bond acceptors (Lipinski definition) is 6. The number of hydrogen-bond donors (Lipinski definition) is 1. The maximum absolute atomic E-state index is 13.4. The van der Waals surface area contributed by atoms with Gasteiger partial charge in [0.05, 0.1) is 11.4 Å². The van der Waals surface area contributed by atoms with Crippen molar-refractivity contribution in [1.82, 2.24) is 9.97 Å². The minimum absolute atomic E-state index is 0.0987. The van der Waals surface area contributed by atoms with Crippen molar-refractivity contribution in [2.24, 2.45) is 5.92 Å². The molecular weight excluding hydrogens is 476 g/mol.